The summed E-state index contributed by atoms with van der Waals surface area (Å²) < 4.78 is 0. The zero-order valence-electron chi connectivity index (χ0n) is 10.0. The third kappa shape index (κ3) is 4.94. The van der Waals surface area contributed by atoms with Crippen LogP contribution in [0.2, 0.25) is 0 Å². The van der Waals surface area contributed by atoms with E-state index < -0.39 is 0 Å². The smallest absolute Gasteiger partial charge is 0.109 e. The normalized spacial score (nSPS) is 20.2. The average molecular weight is 250 g/mol. The van der Waals surface area contributed by atoms with E-state index in [0.29, 0.717) is 0 Å². The molecular formula is C13H17BClNO. The lowest BCUT2D eigenvalue weighted by Crippen LogP contribution is -2.35. The summed E-state index contributed by atoms with van der Waals surface area (Å²) in [7, 11) is 6.80. The van der Waals surface area contributed by atoms with Gasteiger partial charge in [-0.05, 0) is 5.56 Å². The molecule has 0 aliphatic carbocycles. The molecule has 0 aromatic heterocycles. The van der Waals surface area contributed by atoms with Crippen LogP contribution < -0.4 is 0 Å². The van der Waals surface area contributed by atoms with Crippen molar-refractivity contribution in [2.45, 2.75) is 11.9 Å². The molecular weight excluding hydrogens is 232 g/mol. The molecule has 1 aliphatic rings. The maximum atomic E-state index is 7.00. The van der Waals surface area contributed by atoms with E-state index in [9.17, 15) is 0 Å². The predicted octanol–water partition coefficient (Wildman–Crippen LogP) is 1.77. The molecule has 0 saturated heterocycles. The second-order valence-corrected chi connectivity index (χ2v) is 4.47. The Balaban J connectivity index is 0.000000686. The minimum absolute atomic E-state index is 0.0439. The van der Waals surface area contributed by atoms with Gasteiger partial charge in [-0.15, -0.1) is 17.1 Å². The van der Waals surface area contributed by atoms with Crippen molar-refractivity contribution < 1.29 is 5.11 Å². The van der Waals surface area contributed by atoms with Crippen LogP contribution in [0.1, 0.15) is 5.56 Å². The minimum Gasteiger partial charge on any atom is -0.400 e. The zero-order chi connectivity index (χ0) is 12.7. The molecule has 17 heavy (non-hydrogen) atoms. The van der Waals surface area contributed by atoms with Crippen LogP contribution >= 0.6 is 11.6 Å². The Morgan fingerprint density at radius 3 is 2.59 bits per heavy atom. The highest BCUT2D eigenvalue weighted by molar-refractivity contribution is 6.25. The monoisotopic (exact) mass is 249 g/mol. The van der Waals surface area contributed by atoms with Crippen molar-refractivity contribution in [2.24, 2.45) is 0 Å². The lowest BCUT2D eigenvalue weighted by Gasteiger charge is -2.28. The van der Waals surface area contributed by atoms with E-state index in [4.69, 9.17) is 24.6 Å². The molecule has 0 fully saturated rings. The van der Waals surface area contributed by atoms with E-state index in [1.807, 2.05) is 12.1 Å². The van der Waals surface area contributed by atoms with Gasteiger partial charge >= 0.3 is 0 Å². The van der Waals surface area contributed by atoms with Crippen LogP contribution in [0, 0.1) is 0 Å². The molecule has 1 aromatic carbocycles. The standard InChI is InChI=1S/C12H13BClN.CH4O/c13-11-6-12(14)9-15(8-11)7-10-4-2-1-3-5-10;1-2/h1-6,12H,7-9H2;2H,1H3. The number of aliphatic hydroxyl groups is 1. The summed E-state index contributed by atoms with van der Waals surface area (Å²) in [6.07, 6.45) is 1.93. The highest BCUT2D eigenvalue weighted by Gasteiger charge is 2.15. The largest absolute Gasteiger partial charge is 0.400 e. The van der Waals surface area contributed by atoms with Crippen molar-refractivity contribution in [2.75, 3.05) is 20.2 Å². The van der Waals surface area contributed by atoms with Gasteiger partial charge in [-0.2, -0.15) is 0 Å². The van der Waals surface area contributed by atoms with Crippen LogP contribution in [-0.4, -0.2) is 43.4 Å². The fraction of sp³-hybridized carbons (Fsp3) is 0.385. The van der Waals surface area contributed by atoms with Crippen molar-refractivity contribution in [3.05, 3.63) is 47.4 Å². The lowest BCUT2D eigenvalue weighted by atomic mass is 9.91. The first-order valence-electron chi connectivity index (χ1n) is 5.55. The molecule has 0 saturated carbocycles. The first-order valence-corrected chi connectivity index (χ1v) is 5.99. The van der Waals surface area contributed by atoms with Gasteiger partial charge in [-0.3, -0.25) is 4.90 Å². The number of hydrogen-bond donors (Lipinski definition) is 1. The number of halogens is 1. The summed E-state index contributed by atoms with van der Waals surface area (Å²) in [4.78, 5) is 2.27. The van der Waals surface area contributed by atoms with E-state index >= 15 is 0 Å². The number of rotatable bonds is 2. The van der Waals surface area contributed by atoms with Crippen LogP contribution in [0.3, 0.4) is 0 Å². The van der Waals surface area contributed by atoms with Gasteiger partial charge in [0.1, 0.15) is 7.85 Å². The fourth-order valence-corrected chi connectivity index (χ4v) is 2.23. The van der Waals surface area contributed by atoms with Gasteiger partial charge in [-0.1, -0.05) is 36.4 Å². The number of alkyl halides is 1. The van der Waals surface area contributed by atoms with Crippen LogP contribution in [0.15, 0.2) is 41.9 Å². The fourth-order valence-electron chi connectivity index (χ4n) is 1.87. The van der Waals surface area contributed by atoms with E-state index in [1.54, 1.807) is 0 Å². The topological polar surface area (TPSA) is 23.5 Å². The van der Waals surface area contributed by atoms with E-state index in [-0.39, 0.29) is 5.38 Å². The average Bonchev–Trinajstić information content (AvgIpc) is 2.31. The van der Waals surface area contributed by atoms with Crippen molar-refractivity contribution in [3.8, 4) is 0 Å². The molecule has 1 aromatic rings. The van der Waals surface area contributed by atoms with Gasteiger partial charge in [0.15, 0.2) is 0 Å². The van der Waals surface area contributed by atoms with Crippen LogP contribution in [0.4, 0.5) is 0 Å². The molecule has 90 valence electrons. The highest BCUT2D eigenvalue weighted by Crippen LogP contribution is 2.15. The Morgan fingerprint density at radius 2 is 2.00 bits per heavy atom. The number of hydrogen-bond acceptors (Lipinski definition) is 2. The SMILES string of the molecule is CO.[B]C1=CC(Cl)CN(Cc2ccccc2)C1. The number of benzene rings is 1. The van der Waals surface area contributed by atoms with Crippen molar-refractivity contribution in [1.29, 1.82) is 0 Å². The number of aliphatic hydroxyl groups excluding tert-OH is 1. The molecule has 1 atom stereocenters. The first-order chi connectivity index (χ1) is 8.24. The van der Waals surface area contributed by atoms with Crippen LogP contribution in [0.25, 0.3) is 0 Å². The molecule has 1 aliphatic heterocycles. The third-order valence-corrected chi connectivity index (χ3v) is 2.75. The summed E-state index contributed by atoms with van der Waals surface area (Å²) in [6.45, 7) is 2.61. The molecule has 1 heterocycles. The Labute approximate surface area is 109 Å². The van der Waals surface area contributed by atoms with E-state index in [1.165, 1.54) is 5.56 Å². The highest BCUT2D eigenvalue weighted by atomic mass is 35.5. The van der Waals surface area contributed by atoms with E-state index in [2.05, 4.69) is 29.2 Å². The molecule has 1 unspecified atom stereocenters. The summed E-state index contributed by atoms with van der Waals surface area (Å²) in [5.74, 6) is 0. The van der Waals surface area contributed by atoms with Gasteiger partial charge in [0, 0.05) is 26.7 Å². The lowest BCUT2D eigenvalue weighted by molar-refractivity contribution is 0.290. The van der Waals surface area contributed by atoms with Gasteiger partial charge in [-0.25, -0.2) is 0 Å². The predicted molar refractivity (Wildman–Crippen MR) is 73.3 cm³/mol. The van der Waals surface area contributed by atoms with E-state index in [0.717, 1.165) is 32.2 Å². The van der Waals surface area contributed by atoms with Crippen molar-refractivity contribution in [3.63, 3.8) is 0 Å². The number of nitrogens with zero attached hydrogens (tertiary/aromatic N) is 1. The second-order valence-electron chi connectivity index (χ2n) is 3.91. The van der Waals surface area contributed by atoms with Gasteiger partial charge < -0.3 is 5.11 Å². The van der Waals surface area contributed by atoms with Gasteiger partial charge in [0.05, 0.1) is 5.38 Å². The molecule has 1 N–H and O–H groups in total. The Kier molecular flexibility index (Phi) is 6.34. The Hall–Kier alpha value is -0.765. The van der Waals surface area contributed by atoms with Gasteiger partial charge in [0.2, 0.25) is 0 Å². The molecule has 0 bridgehead atoms. The molecule has 0 spiro atoms. The first kappa shape index (κ1) is 14.3. The summed E-state index contributed by atoms with van der Waals surface area (Å²) in [5, 5.41) is 7.04. The second kappa shape index (κ2) is 7.54. The summed E-state index contributed by atoms with van der Waals surface area (Å²) >= 11 is 6.07. The van der Waals surface area contributed by atoms with Crippen LogP contribution in [-0.2, 0) is 6.54 Å². The molecule has 2 radical (unpaired) electrons. The molecule has 0 amide bonds. The molecule has 2 rings (SSSR count). The summed E-state index contributed by atoms with van der Waals surface area (Å²) in [5.41, 5.74) is 2.17. The molecule has 2 nitrogen and oxygen atoms in total. The van der Waals surface area contributed by atoms with Crippen molar-refractivity contribution in [1.82, 2.24) is 4.90 Å². The van der Waals surface area contributed by atoms with Crippen LogP contribution in [0.5, 0.6) is 0 Å². The Morgan fingerprint density at radius 1 is 1.35 bits per heavy atom. The third-order valence-electron chi connectivity index (χ3n) is 2.48. The summed E-state index contributed by atoms with van der Waals surface area (Å²) in [6, 6.07) is 10.4. The van der Waals surface area contributed by atoms with Crippen molar-refractivity contribution >= 4 is 19.4 Å². The van der Waals surface area contributed by atoms with Gasteiger partial charge in [0.25, 0.3) is 0 Å². The quantitative estimate of drug-likeness (QED) is 0.638. The Bertz CT molecular complexity index is 356. The zero-order valence-corrected chi connectivity index (χ0v) is 10.8. The minimum atomic E-state index is 0.0439. The molecule has 4 heteroatoms. The maximum Gasteiger partial charge on any atom is 0.109 e. The maximum absolute atomic E-state index is 7.00.